The minimum Gasteiger partial charge on any atom is -0.468 e. The molecule has 1 fully saturated rings. The first-order valence-corrected chi connectivity index (χ1v) is 8.84. The number of amides is 1. The highest BCUT2D eigenvalue weighted by molar-refractivity contribution is 8.00. The Kier molecular flexibility index (Phi) is 6.81. The zero-order chi connectivity index (χ0) is 19.3. The van der Waals surface area contributed by atoms with Crippen molar-refractivity contribution in [2.24, 2.45) is 0 Å². The van der Waals surface area contributed by atoms with Crippen molar-refractivity contribution >= 4 is 46.9 Å². The van der Waals surface area contributed by atoms with Gasteiger partial charge in [0.2, 0.25) is 0 Å². The molecule has 1 atom stereocenters. The van der Waals surface area contributed by atoms with E-state index in [-0.39, 0.29) is 22.8 Å². The van der Waals surface area contributed by atoms with E-state index >= 15 is 0 Å². The molecular formula is C15H15ClN2O7S. The van der Waals surface area contributed by atoms with Gasteiger partial charge in [-0.3, -0.25) is 19.7 Å². The van der Waals surface area contributed by atoms with E-state index in [0.717, 1.165) is 12.1 Å². The summed E-state index contributed by atoms with van der Waals surface area (Å²) in [5.74, 6) is -1.29. The van der Waals surface area contributed by atoms with Gasteiger partial charge in [0.1, 0.15) is 5.25 Å². The lowest BCUT2D eigenvalue weighted by Crippen LogP contribution is -2.46. The van der Waals surface area contributed by atoms with Gasteiger partial charge < -0.3 is 14.4 Å². The van der Waals surface area contributed by atoms with Crippen LogP contribution in [0.2, 0.25) is 5.02 Å². The number of benzene rings is 1. The molecule has 0 saturated carbocycles. The van der Waals surface area contributed by atoms with Gasteiger partial charge >= 0.3 is 11.9 Å². The molecule has 9 nitrogen and oxygen atoms in total. The summed E-state index contributed by atoms with van der Waals surface area (Å²) >= 11 is 7.24. The Balaban J connectivity index is 1.97. The topological polar surface area (TPSA) is 116 Å². The number of nitro benzene ring substituents is 1. The zero-order valence-electron chi connectivity index (χ0n) is 13.7. The van der Waals surface area contributed by atoms with Crippen molar-refractivity contribution < 1.29 is 28.8 Å². The van der Waals surface area contributed by atoms with E-state index < -0.39 is 34.6 Å². The lowest BCUT2D eigenvalue weighted by atomic mass is 10.2. The first-order chi connectivity index (χ1) is 12.3. The van der Waals surface area contributed by atoms with E-state index in [9.17, 15) is 24.5 Å². The molecule has 11 heteroatoms. The van der Waals surface area contributed by atoms with Crippen LogP contribution in [0.4, 0.5) is 5.69 Å². The van der Waals surface area contributed by atoms with Crippen LogP contribution < -0.4 is 0 Å². The minimum absolute atomic E-state index is 0.0202. The minimum atomic E-state index is -0.942. The maximum atomic E-state index is 12.2. The molecule has 0 spiro atoms. The number of ether oxygens (including phenoxy) is 2. The van der Waals surface area contributed by atoms with Crippen LogP contribution in [0, 0.1) is 10.1 Å². The van der Waals surface area contributed by atoms with Gasteiger partial charge in [-0.15, -0.1) is 11.8 Å². The van der Waals surface area contributed by atoms with Gasteiger partial charge in [-0.25, -0.2) is 4.79 Å². The Morgan fingerprint density at radius 3 is 2.81 bits per heavy atom. The molecule has 1 aromatic rings. The molecule has 0 aliphatic carbocycles. The van der Waals surface area contributed by atoms with E-state index in [0.29, 0.717) is 12.3 Å². The Bertz CT molecular complexity index is 743. The molecule has 1 aliphatic heterocycles. The fourth-order valence-electron chi connectivity index (χ4n) is 2.23. The standard InChI is InChI=1S/C15H15ClN2O7S/c1-24-15(21)12-7-17(4-5-26-12)13(19)8-25-14(20)10-6-9(18(22)23)2-3-11(10)16/h2-3,6,12H,4-5,7-8H2,1H3/t12-/m1/s1. The monoisotopic (exact) mass is 402 g/mol. The third-order valence-corrected chi connectivity index (χ3v) is 5.08. The van der Waals surface area contributed by atoms with Gasteiger partial charge in [0.05, 0.1) is 22.6 Å². The highest BCUT2D eigenvalue weighted by Gasteiger charge is 2.30. The van der Waals surface area contributed by atoms with Crippen molar-refractivity contribution in [1.82, 2.24) is 4.90 Å². The van der Waals surface area contributed by atoms with Crippen molar-refractivity contribution in [3.05, 3.63) is 38.9 Å². The van der Waals surface area contributed by atoms with Crippen molar-refractivity contribution in [1.29, 1.82) is 0 Å². The number of esters is 2. The molecule has 0 aromatic heterocycles. The molecule has 26 heavy (non-hydrogen) atoms. The number of hydrogen-bond acceptors (Lipinski definition) is 8. The van der Waals surface area contributed by atoms with Crippen LogP contribution in [0.5, 0.6) is 0 Å². The summed E-state index contributed by atoms with van der Waals surface area (Å²) in [6.07, 6.45) is 0. The lowest BCUT2D eigenvalue weighted by Gasteiger charge is -2.30. The van der Waals surface area contributed by atoms with Crippen LogP contribution in [0.15, 0.2) is 18.2 Å². The second kappa shape index (κ2) is 8.86. The Hall–Kier alpha value is -2.33. The summed E-state index contributed by atoms with van der Waals surface area (Å²) in [6, 6.07) is 3.35. The van der Waals surface area contributed by atoms with Crippen LogP contribution in [0.3, 0.4) is 0 Å². The molecule has 1 aliphatic rings. The van der Waals surface area contributed by atoms with Crippen LogP contribution >= 0.6 is 23.4 Å². The second-order valence-corrected chi connectivity index (χ2v) is 6.94. The number of carbonyl (C=O) groups excluding carboxylic acids is 3. The SMILES string of the molecule is COC(=O)[C@H]1CN(C(=O)COC(=O)c2cc([N+](=O)[O-])ccc2Cl)CCS1. The number of methoxy groups -OCH3 is 1. The number of carbonyl (C=O) groups is 3. The number of non-ortho nitro benzene ring substituents is 1. The van der Waals surface area contributed by atoms with E-state index in [1.807, 2.05) is 0 Å². The van der Waals surface area contributed by atoms with Gasteiger partial charge in [0.15, 0.2) is 6.61 Å². The second-order valence-electron chi connectivity index (χ2n) is 5.22. The maximum Gasteiger partial charge on any atom is 0.340 e. The number of halogens is 1. The number of nitro groups is 1. The van der Waals surface area contributed by atoms with E-state index in [1.54, 1.807) is 0 Å². The van der Waals surface area contributed by atoms with Gasteiger partial charge in [0, 0.05) is 31.0 Å². The fraction of sp³-hybridized carbons (Fsp3) is 0.400. The van der Waals surface area contributed by atoms with E-state index in [4.69, 9.17) is 16.3 Å². The van der Waals surface area contributed by atoms with Gasteiger partial charge in [0.25, 0.3) is 11.6 Å². The van der Waals surface area contributed by atoms with E-state index in [2.05, 4.69) is 4.74 Å². The van der Waals surface area contributed by atoms with Gasteiger partial charge in [-0.2, -0.15) is 0 Å². The molecule has 0 unspecified atom stereocenters. The van der Waals surface area contributed by atoms with Gasteiger partial charge in [-0.05, 0) is 6.07 Å². The molecule has 1 saturated heterocycles. The average molecular weight is 403 g/mol. The normalized spacial score (nSPS) is 16.7. The Morgan fingerprint density at radius 1 is 1.42 bits per heavy atom. The quantitative estimate of drug-likeness (QED) is 0.413. The predicted octanol–water partition coefficient (Wildman–Crippen LogP) is 1.52. The average Bonchev–Trinajstić information content (AvgIpc) is 2.65. The summed E-state index contributed by atoms with van der Waals surface area (Å²) < 4.78 is 9.59. The predicted molar refractivity (Wildman–Crippen MR) is 93.2 cm³/mol. The molecule has 2 rings (SSSR count). The molecule has 0 N–H and O–H groups in total. The summed E-state index contributed by atoms with van der Waals surface area (Å²) in [7, 11) is 1.27. The molecule has 1 aromatic carbocycles. The number of thioether (sulfide) groups is 1. The smallest absolute Gasteiger partial charge is 0.340 e. The number of rotatable bonds is 5. The molecule has 0 bridgehead atoms. The van der Waals surface area contributed by atoms with Crippen LogP contribution in [0.1, 0.15) is 10.4 Å². The van der Waals surface area contributed by atoms with Crippen LogP contribution in [-0.4, -0.2) is 65.5 Å². The molecule has 1 heterocycles. The van der Waals surface area contributed by atoms with Crippen molar-refractivity contribution in [3.63, 3.8) is 0 Å². The molecular weight excluding hydrogens is 388 g/mol. The Morgan fingerprint density at radius 2 is 2.15 bits per heavy atom. The van der Waals surface area contributed by atoms with Crippen molar-refractivity contribution in [3.8, 4) is 0 Å². The molecule has 0 radical (unpaired) electrons. The van der Waals surface area contributed by atoms with Crippen LogP contribution in [-0.2, 0) is 19.1 Å². The molecule has 140 valence electrons. The third-order valence-electron chi connectivity index (χ3n) is 3.59. The lowest BCUT2D eigenvalue weighted by molar-refractivity contribution is -0.384. The summed E-state index contributed by atoms with van der Waals surface area (Å²) in [4.78, 5) is 47.4. The van der Waals surface area contributed by atoms with Gasteiger partial charge in [-0.1, -0.05) is 11.6 Å². The van der Waals surface area contributed by atoms with Crippen LogP contribution in [0.25, 0.3) is 0 Å². The largest absolute Gasteiger partial charge is 0.468 e. The van der Waals surface area contributed by atoms with Crippen molar-refractivity contribution in [2.45, 2.75) is 5.25 Å². The summed E-state index contributed by atoms with van der Waals surface area (Å²) in [5, 5.41) is 10.3. The highest BCUT2D eigenvalue weighted by Crippen LogP contribution is 2.23. The van der Waals surface area contributed by atoms with E-state index in [1.165, 1.54) is 29.8 Å². The Labute approximate surface area is 157 Å². The number of nitrogens with zero attached hydrogens (tertiary/aromatic N) is 2. The highest BCUT2D eigenvalue weighted by atomic mass is 35.5. The summed E-state index contributed by atoms with van der Waals surface area (Å²) in [5.41, 5.74) is -0.517. The first-order valence-electron chi connectivity index (χ1n) is 7.41. The third kappa shape index (κ3) is 4.85. The maximum absolute atomic E-state index is 12.2. The zero-order valence-corrected chi connectivity index (χ0v) is 15.2. The van der Waals surface area contributed by atoms with Crippen molar-refractivity contribution in [2.75, 3.05) is 32.6 Å². The fourth-order valence-corrected chi connectivity index (χ4v) is 3.55. The summed E-state index contributed by atoms with van der Waals surface area (Å²) in [6.45, 7) is 0.00775. The molecule has 1 amide bonds. The first kappa shape index (κ1) is 20.0. The number of hydrogen-bond donors (Lipinski definition) is 0.